The van der Waals surface area contributed by atoms with Gasteiger partial charge in [0, 0.05) is 6.07 Å². The average Bonchev–Trinajstić information content (AvgIpc) is 2.77. The Kier molecular flexibility index (Phi) is 6.02. The van der Waals surface area contributed by atoms with Gasteiger partial charge in [-0.25, -0.2) is 4.79 Å². The molecule has 0 aliphatic carbocycles. The second kappa shape index (κ2) is 9.00. The van der Waals surface area contributed by atoms with Gasteiger partial charge in [-0.2, -0.15) is 10.5 Å². The van der Waals surface area contributed by atoms with Gasteiger partial charge in [-0.05, 0) is 42.5 Å². The van der Waals surface area contributed by atoms with E-state index in [9.17, 15) is 20.2 Å². The first-order valence-corrected chi connectivity index (χ1v) is 8.64. The zero-order chi connectivity index (χ0) is 21.5. The number of ether oxygens (including phenoxy) is 2. The lowest BCUT2D eigenvalue weighted by Crippen LogP contribution is -2.06. The van der Waals surface area contributed by atoms with Crippen molar-refractivity contribution in [1.29, 1.82) is 10.5 Å². The highest BCUT2D eigenvalue weighted by atomic mass is 16.6. The summed E-state index contributed by atoms with van der Waals surface area (Å²) in [5.74, 6) is -0.0657. The Bertz CT molecular complexity index is 1190. The van der Waals surface area contributed by atoms with E-state index < -0.39 is 10.9 Å². The van der Waals surface area contributed by atoms with Crippen LogP contribution in [0.4, 0.5) is 5.69 Å². The van der Waals surface area contributed by atoms with Crippen molar-refractivity contribution >= 4 is 11.7 Å². The number of carbonyl (C=O) groups is 1. The highest BCUT2D eigenvalue weighted by Crippen LogP contribution is 2.27. The molecule has 3 rings (SSSR count). The number of hydrogen-bond donors (Lipinski definition) is 0. The molecule has 0 saturated carbocycles. The first-order chi connectivity index (χ1) is 14.5. The molecule has 8 nitrogen and oxygen atoms in total. The van der Waals surface area contributed by atoms with Crippen molar-refractivity contribution in [2.75, 3.05) is 0 Å². The van der Waals surface area contributed by atoms with Crippen molar-refractivity contribution in [3.63, 3.8) is 0 Å². The monoisotopic (exact) mass is 399 g/mol. The summed E-state index contributed by atoms with van der Waals surface area (Å²) in [4.78, 5) is 22.7. The summed E-state index contributed by atoms with van der Waals surface area (Å²) in [6, 6.07) is 20.5. The Hall–Kier alpha value is -4.69. The van der Waals surface area contributed by atoms with Gasteiger partial charge in [0.1, 0.15) is 35.8 Å². The number of nitro groups is 1. The molecule has 0 aliphatic rings. The molecule has 0 unspecified atom stereocenters. The van der Waals surface area contributed by atoms with Crippen molar-refractivity contribution in [2.45, 2.75) is 6.61 Å². The minimum absolute atomic E-state index is 0.118. The Morgan fingerprint density at radius 1 is 0.967 bits per heavy atom. The van der Waals surface area contributed by atoms with E-state index in [0.717, 1.165) is 0 Å². The molecule has 146 valence electrons. The van der Waals surface area contributed by atoms with E-state index in [0.29, 0.717) is 5.75 Å². The van der Waals surface area contributed by atoms with Gasteiger partial charge in [0.2, 0.25) is 0 Å². The Morgan fingerprint density at radius 3 is 2.37 bits per heavy atom. The maximum Gasteiger partial charge on any atom is 0.338 e. The number of benzene rings is 3. The third kappa shape index (κ3) is 4.41. The molecular formula is C22H13N3O5. The van der Waals surface area contributed by atoms with Crippen LogP contribution in [0.25, 0.3) is 0 Å². The van der Waals surface area contributed by atoms with Crippen molar-refractivity contribution in [1.82, 2.24) is 0 Å². The summed E-state index contributed by atoms with van der Waals surface area (Å²) >= 11 is 0. The summed E-state index contributed by atoms with van der Waals surface area (Å²) in [5, 5.41) is 29.3. The molecule has 3 aromatic carbocycles. The fourth-order valence-corrected chi connectivity index (χ4v) is 2.65. The third-order valence-corrected chi connectivity index (χ3v) is 4.12. The standard InChI is InChI=1S/C22H13N3O5/c23-12-16-5-3-7-21(19(16)13-24)30-18-10-8-15(9-11-18)22(26)29-14-17-4-1-2-6-20(17)25(27)28/h1-11H,14H2. The van der Waals surface area contributed by atoms with Crippen molar-refractivity contribution in [3.05, 3.63) is 99.1 Å². The normalized spacial score (nSPS) is 9.80. The zero-order valence-corrected chi connectivity index (χ0v) is 15.4. The number of hydrogen-bond acceptors (Lipinski definition) is 7. The zero-order valence-electron chi connectivity index (χ0n) is 15.4. The molecule has 0 radical (unpaired) electrons. The summed E-state index contributed by atoms with van der Waals surface area (Å²) in [7, 11) is 0. The van der Waals surface area contributed by atoms with Crippen LogP contribution in [0.5, 0.6) is 11.5 Å². The largest absolute Gasteiger partial charge is 0.457 e. The van der Waals surface area contributed by atoms with E-state index in [1.165, 1.54) is 48.5 Å². The molecular weight excluding hydrogens is 386 g/mol. The van der Waals surface area contributed by atoms with Gasteiger partial charge in [-0.15, -0.1) is 0 Å². The summed E-state index contributed by atoms with van der Waals surface area (Å²) in [6.07, 6.45) is 0. The van der Waals surface area contributed by atoms with Gasteiger partial charge in [0.05, 0.1) is 21.6 Å². The molecule has 0 aliphatic heterocycles. The molecule has 3 aromatic rings. The highest BCUT2D eigenvalue weighted by molar-refractivity contribution is 5.89. The van der Waals surface area contributed by atoms with Crippen LogP contribution in [0.3, 0.4) is 0 Å². The van der Waals surface area contributed by atoms with Crippen LogP contribution in [-0.4, -0.2) is 10.9 Å². The lowest BCUT2D eigenvalue weighted by atomic mass is 10.1. The predicted molar refractivity (Wildman–Crippen MR) is 105 cm³/mol. The van der Waals surface area contributed by atoms with Crippen molar-refractivity contribution in [2.24, 2.45) is 0 Å². The molecule has 0 bridgehead atoms. The van der Waals surface area contributed by atoms with Gasteiger partial charge in [0.15, 0.2) is 0 Å². The number of nitro benzene ring substituents is 1. The quantitative estimate of drug-likeness (QED) is 0.339. The highest BCUT2D eigenvalue weighted by Gasteiger charge is 2.15. The van der Waals surface area contributed by atoms with Gasteiger partial charge in [0.25, 0.3) is 5.69 Å². The van der Waals surface area contributed by atoms with Crippen LogP contribution < -0.4 is 4.74 Å². The van der Waals surface area contributed by atoms with E-state index >= 15 is 0 Å². The predicted octanol–water partition coefficient (Wildman–Crippen LogP) is 4.49. The fourth-order valence-electron chi connectivity index (χ4n) is 2.65. The average molecular weight is 399 g/mol. The van der Waals surface area contributed by atoms with Crippen LogP contribution in [0.2, 0.25) is 0 Å². The minimum atomic E-state index is -0.649. The third-order valence-electron chi connectivity index (χ3n) is 4.12. The van der Waals surface area contributed by atoms with Crippen LogP contribution in [0, 0.1) is 32.8 Å². The summed E-state index contributed by atoms with van der Waals surface area (Å²) in [5.41, 5.74) is 0.713. The second-order valence-electron chi connectivity index (χ2n) is 5.99. The molecule has 0 heterocycles. The maximum absolute atomic E-state index is 12.2. The molecule has 0 aromatic heterocycles. The minimum Gasteiger partial charge on any atom is -0.457 e. The topological polar surface area (TPSA) is 126 Å². The van der Waals surface area contributed by atoms with E-state index in [-0.39, 0.29) is 40.3 Å². The lowest BCUT2D eigenvalue weighted by molar-refractivity contribution is -0.385. The van der Waals surface area contributed by atoms with E-state index in [1.54, 1.807) is 18.2 Å². The number of para-hydroxylation sites is 1. The van der Waals surface area contributed by atoms with Crippen molar-refractivity contribution < 1.29 is 19.2 Å². The van der Waals surface area contributed by atoms with Crippen molar-refractivity contribution in [3.8, 4) is 23.6 Å². The number of nitriles is 2. The Morgan fingerprint density at radius 2 is 1.70 bits per heavy atom. The number of carbonyl (C=O) groups excluding carboxylic acids is 1. The van der Waals surface area contributed by atoms with Crippen LogP contribution >= 0.6 is 0 Å². The first kappa shape index (κ1) is 20.1. The van der Waals surface area contributed by atoms with E-state index in [1.807, 2.05) is 12.1 Å². The van der Waals surface area contributed by atoms with Gasteiger partial charge < -0.3 is 9.47 Å². The SMILES string of the molecule is N#Cc1cccc(Oc2ccc(C(=O)OCc3ccccc3[N+](=O)[O-])cc2)c1C#N. The molecule has 0 atom stereocenters. The van der Waals surface area contributed by atoms with E-state index in [2.05, 4.69) is 0 Å². The summed E-state index contributed by atoms with van der Waals surface area (Å²) in [6.45, 7) is -0.235. The molecule has 30 heavy (non-hydrogen) atoms. The van der Waals surface area contributed by atoms with E-state index in [4.69, 9.17) is 14.7 Å². The number of nitrogens with zero attached hydrogens (tertiary/aromatic N) is 3. The lowest BCUT2D eigenvalue weighted by Gasteiger charge is -2.09. The molecule has 0 saturated heterocycles. The number of rotatable bonds is 6. The van der Waals surface area contributed by atoms with Gasteiger partial charge >= 0.3 is 5.97 Å². The molecule has 8 heteroatoms. The summed E-state index contributed by atoms with van der Waals surface area (Å²) < 4.78 is 10.8. The second-order valence-corrected chi connectivity index (χ2v) is 5.99. The first-order valence-electron chi connectivity index (χ1n) is 8.64. The smallest absolute Gasteiger partial charge is 0.338 e. The van der Waals surface area contributed by atoms with Gasteiger partial charge in [-0.1, -0.05) is 18.2 Å². The molecule has 0 spiro atoms. The number of esters is 1. The fraction of sp³-hybridized carbons (Fsp3) is 0.0455. The van der Waals surface area contributed by atoms with Crippen LogP contribution in [0.15, 0.2) is 66.7 Å². The molecule has 0 amide bonds. The van der Waals surface area contributed by atoms with Crippen LogP contribution in [0.1, 0.15) is 27.0 Å². The molecule has 0 N–H and O–H groups in total. The molecule has 0 fully saturated rings. The maximum atomic E-state index is 12.2. The Balaban J connectivity index is 1.69. The Labute approximate surface area is 171 Å². The van der Waals surface area contributed by atoms with Gasteiger partial charge in [-0.3, -0.25) is 10.1 Å². The van der Waals surface area contributed by atoms with Crippen LogP contribution in [-0.2, 0) is 11.3 Å².